The van der Waals surface area contributed by atoms with Crippen LogP contribution in [0, 0.1) is 0 Å². The zero-order chi connectivity index (χ0) is 14.7. The summed E-state index contributed by atoms with van der Waals surface area (Å²) in [4.78, 5) is 7.64. The normalized spacial score (nSPS) is 9.65. The Bertz CT molecular complexity index is 245. The smallest absolute Gasteiger partial charge is 0.0382 e. The second-order valence-electron chi connectivity index (χ2n) is 5.15. The summed E-state index contributed by atoms with van der Waals surface area (Å²) >= 11 is 0. The number of hydrogen-bond donors (Lipinski definition) is 0. The monoisotopic (exact) mass is 276 g/mol. The molecule has 20 heavy (non-hydrogen) atoms. The van der Waals surface area contributed by atoms with Gasteiger partial charge in [0.05, 0.1) is 0 Å². The molecule has 2 heteroatoms. The summed E-state index contributed by atoms with van der Waals surface area (Å²) in [5.74, 6) is 0. The van der Waals surface area contributed by atoms with E-state index in [4.69, 9.17) is 0 Å². The van der Waals surface area contributed by atoms with Gasteiger partial charge in [0.1, 0.15) is 0 Å². The number of nitrogens with zero attached hydrogens (tertiary/aromatic N) is 2. The first-order chi connectivity index (χ1) is 9.91. The molecule has 1 aromatic rings. The lowest BCUT2D eigenvalue weighted by Crippen LogP contribution is -1.83. The Labute approximate surface area is 125 Å². The third-order valence-electron chi connectivity index (χ3n) is 3.24. The minimum atomic E-state index is 0.955. The summed E-state index contributed by atoms with van der Waals surface area (Å²) in [7, 11) is 0. The molecule has 114 valence electrons. The highest BCUT2D eigenvalue weighted by atomic mass is 14.7. The molecule has 0 radical (unpaired) electrons. The Morgan fingerprint density at radius 3 is 1.60 bits per heavy atom. The minimum absolute atomic E-state index is 0.955. The molecule has 2 nitrogen and oxygen atoms in total. The number of aliphatic imine (C=N–C) groups is 1. The minimum Gasteiger partial charge on any atom is -0.301 e. The summed E-state index contributed by atoms with van der Waals surface area (Å²) in [5, 5.41) is 0. The fourth-order valence-electron chi connectivity index (χ4n) is 2.02. The van der Waals surface area contributed by atoms with Gasteiger partial charge in [-0.15, -0.1) is 0 Å². The van der Waals surface area contributed by atoms with Crippen LogP contribution in [0.1, 0.15) is 71.1 Å². The second kappa shape index (κ2) is 17.8. The van der Waals surface area contributed by atoms with Crippen LogP contribution in [-0.2, 0) is 0 Å². The molecule has 0 atom stereocenters. The van der Waals surface area contributed by atoms with Crippen molar-refractivity contribution in [2.45, 2.75) is 71.1 Å². The van der Waals surface area contributed by atoms with Gasteiger partial charge in [-0.2, -0.15) is 0 Å². The first-order valence-corrected chi connectivity index (χ1v) is 8.19. The molecule has 0 aromatic carbocycles. The number of rotatable bonds is 11. The predicted molar refractivity (Wildman–Crippen MR) is 90.5 cm³/mol. The van der Waals surface area contributed by atoms with Crippen LogP contribution >= 0.6 is 0 Å². The Balaban J connectivity index is 0.000000493. The Morgan fingerprint density at radius 1 is 0.750 bits per heavy atom. The van der Waals surface area contributed by atoms with Gasteiger partial charge in [-0.05, 0) is 25.3 Å². The highest BCUT2D eigenvalue weighted by molar-refractivity contribution is 5.22. The third kappa shape index (κ3) is 16.8. The summed E-state index contributed by atoms with van der Waals surface area (Å²) in [6.07, 6.45) is 17.4. The predicted octanol–water partition coefficient (Wildman–Crippen LogP) is 5.69. The molecule has 0 aliphatic rings. The lowest BCUT2D eigenvalue weighted by Gasteiger charge is -2.00. The fraction of sp³-hybridized carbons (Fsp3) is 0.667. The van der Waals surface area contributed by atoms with E-state index < -0.39 is 0 Å². The van der Waals surface area contributed by atoms with E-state index >= 15 is 0 Å². The first-order valence-electron chi connectivity index (χ1n) is 8.19. The van der Waals surface area contributed by atoms with Crippen LogP contribution in [0.2, 0.25) is 0 Å². The van der Waals surface area contributed by atoms with E-state index in [1.54, 1.807) is 12.4 Å². The van der Waals surface area contributed by atoms with Crippen LogP contribution in [0.5, 0.6) is 0 Å². The molecule has 0 spiro atoms. The lowest BCUT2D eigenvalue weighted by molar-refractivity contribution is 0.558. The summed E-state index contributed by atoms with van der Waals surface area (Å²) in [5.41, 5.74) is 0. The van der Waals surface area contributed by atoms with Crippen molar-refractivity contribution in [1.82, 2.24) is 4.98 Å². The molecule has 0 fully saturated rings. The summed E-state index contributed by atoms with van der Waals surface area (Å²) < 4.78 is 0. The molecule has 0 bridgehead atoms. The van der Waals surface area contributed by atoms with Crippen LogP contribution in [0.3, 0.4) is 0 Å². The highest BCUT2D eigenvalue weighted by Crippen LogP contribution is 2.10. The average Bonchev–Trinajstić information content (AvgIpc) is 2.52. The standard InChI is InChI=1S/C13H27N.C5H5N/c1-3-4-5-6-7-8-9-10-11-12-13-14-2;1-2-4-6-5-3-1/h2-13H2,1H3;1-5H. The van der Waals surface area contributed by atoms with E-state index in [0.717, 1.165) is 6.54 Å². The van der Waals surface area contributed by atoms with Crippen molar-refractivity contribution >= 4 is 6.72 Å². The van der Waals surface area contributed by atoms with Gasteiger partial charge >= 0.3 is 0 Å². The maximum Gasteiger partial charge on any atom is 0.0382 e. The maximum absolute atomic E-state index is 3.85. The van der Waals surface area contributed by atoms with Gasteiger partial charge in [0, 0.05) is 18.9 Å². The number of hydrogen-bond acceptors (Lipinski definition) is 2. The van der Waals surface area contributed by atoms with Gasteiger partial charge in [-0.25, -0.2) is 0 Å². The second-order valence-corrected chi connectivity index (χ2v) is 5.15. The summed E-state index contributed by atoms with van der Waals surface area (Å²) in [6, 6.07) is 5.72. The topological polar surface area (TPSA) is 25.2 Å². The van der Waals surface area contributed by atoms with Crippen LogP contribution in [0.25, 0.3) is 0 Å². The van der Waals surface area contributed by atoms with E-state index in [-0.39, 0.29) is 0 Å². The van der Waals surface area contributed by atoms with E-state index in [2.05, 4.69) is 23.6 Å². The van der Waals surface area contributed by atoms with Crippen molar-refractivity contribution < 1.29 is 0 Å². The van der Waals surface area contributed by atoms with E-state index in [0.29, 0.717) is 0 Å². The third-order valence-corrected chi connectivity index (χ3v) is 3.24. The molecule has 0 aliphatic heterocycles. The van der Waals surface area contributed by atoms with Crippen molar-refractivity contribution in [1.29, 1.82) is 0 Å². The van der Waals surface area contributed by atoms with Gasteiger partial charge in [0.2, 0.25) is 0 Å². The number of unbranched alkanes of at least 4 members (excludes halogenated alkanes) is 9. The van der Waals surface area contributed by atoms with Crippen molar-refractivity contribution in [2.75, 3.05) is 6.54 Å². The lowest BCUT2D eigenvalue weighted by atomic mass is 10.1. The number of pyridine rings is 1. The zero-order valence-electron chi connectivity index (χ0n) is 13.3. The molecule has 0 unspecified atom stereocenters. The molecule has 0 N–H and O–H groups in total. The van der Waals surface area contributed by atoms with Gasteiger partial charge in [0.15, 0.2) is 0 Å². The Kier molecular flexibility index (Phi) is 16.8. The van der Waals surface area contributed by atoms with Crippen LogP contribution in [-0.4, -0.2) is 18.2 Å². The van der Waals surface area contributed by atoms with Crippen molar-refractivity contribution in [3.05, 3.63) is 30.6 Å². The Morgan fingerprint density at radius 2 is 1.25 bits per heavy atom. The molecule has 1 aromatic heterocycles. The zero-order valence-corrected chi connectivity index (χ0v) is 13.3. The molecule has 0 saturated carbocycles. The fourth-order valence-corrected chi connectivity index (χ4v) is 2.02. The molecular formula is C18H32N2. The summed E-state index contributed by atoms with van der Waals surface area (Å²) in [6.45, 7) is 6.71. The SMILES string of the molecule is C=NCCCCCCCCCCCC.c1ccncc1. The first kappa shape index (κ1) is 18.8. The maximum atomic E-state index is 3.85. The average molecular weight is 276 g/mol. The molecule has 0 saturated heterocycles. The van der Waals surface area contributed by atoms with E-state index in [1.807, 2.05) is 18.2 Å². The molecule has 1 rings (SSSR count). The van der Waals surface area contributed by atoms with Gasteiger partial charge < -0.3 is 4.99 Å². The van der Waals surface area contributed by atoms with Crippen LogP contribution in [0.15, 0.2) is 35.6 Å². The van der Waals surface area contributed by atoms with Gasteiger partial charge in [-0.1, -0.05) is 70.8 Å². The largest absolute Gasteiger partial charge is 0.301 e. The number of aromatic nitrogens is 1. The highest BCUT2D eigenvalue weighted by Gasteiger charge is 1.91. The molecule has 0 amide bonds. The van der Waals surface area contributed by atoms with Crippen molar-refractivity contribution in [3.8, 4) is 0 Å². The van der Waals surface area contributed by atoms with Gasteiger partial charge in [0.25, 0.3) is 0 Å². The molecule has 0 aliphatic carbocycles. The quantitative estimate of drug-likeness (QED) is 0.376. The van der Waals surface area contributed by atoms with Crippen LogP contribution < -0.4 is 0 Å². The van der Waals surface area contributed by atoms with E-state index in [1.165, 1.54) is 64.2 Å². The van der Waals surface area contributed by atoms with Crippen molar-refractivity contribution in [2.24, 2.45) is 4.99 Å². The molecule has 1 heterocycles. The van der Waals surface area contributed by atoms with Crippen LogP contribution in [0.4, 0.5) is 0 Å². The molecular weight excluding hydrogens is 244 g/mol. The Hall–Kier alpha value is -1.18. The van der Waals surface area contributed by atoms with Crippen molar-refractivity contribution in [3.63, 3.8) is 0 Å². The van der Waals surface area contributed by atoms with E-state index in [9.17, 15) is 0 Å². The van der Waals surface area contributed by atoms with Gasteiger partial charge in [-0.3, -0.25) is 4.98 Å².